The molecule has 5 rings (SSSR count). The van der Waals surface area contributed by atoms with Crippen molar-refractivity contribution < 1.29 is 9.13 Å². The summed E-state index contributed by atoms with van der Waals surface area (Å²) in [6.07, 6.45) is 3.94. The number of H-pyrrole nitrogens is 1. The van der Waals surface area contributed by atoms with Gasteiger partial charge in [-0.1, -0.05) is 30.3 Å². The number of nitrogens with zero attached hydrogens (tertiary/aromatic N) is 1. The molecule has 0 radical (unpaired) electrons. The number of fused-ring (bicyclic) bond motifs is 2. The van der Waals surface area contributed by atoms with E-state index in [9.17, 15) is 4.39 Å². The van der Waals surface area contributed by atoms with Crippen molar-refractivity contribution in [3.8, 4) is 5.75 Å². The lowest BCUT2D eigenvalue weighted by Crippen LogP contribution is -2.43. The van der Waals surface area contributed by atoms with Crippen LogP contribution >= 0.6 is 0 Å². The summed E-state index contributed by atoms with van der Waals surface area (Å²) in [7, 11) is 0. The molecule has 4 nitrogen and oxygen atoms in total. The molecule has 0 amide bonds. The van der Waals surface area contributed by atoms with Gasteiger partial charge in [-0.05, 0) is 67.4 Å². The summed E-state index contributed by atoms with van der Waals surface area (Å²) in [6, 6.07) is 23.5. The Morgan fingerprint density at radius 3 is 2.77 bits per heavy atom. The molecule has 1 unspecified atom stereocenters. The lowest BCUT2D eigenvalue weighted by molar-refractivity contribution is 0.194. The van der Waals surface area contributed by atoms with Gasteiger partial charge in [-0.25, -0.2) is 4.39 Å². The van der Waals surface area contributed by atoms with Gasteiger partial charge in [0.1, 0.15) is 17.7 Å². The van der Waals surface area contributed by atoms with Gasteiger partial charge in [-0.3, -0.25) is 0 Å². The predicted octanol–water partition coefficient (Wildman–Crippen LogP) is 5.43. The van der Waals surface area contributed by atoms with E-state index in [2.05, 4.69) is 45.5 Å². The number of para-hydroxylation sites is 3. The van der Waals surface area contributed by atoms with Gasteiger partial charge in [0.2, 0.25) is 0 Å². The molecular formula is C26H26FN3O. The van der Waals surface area contributed by atoms with E-state index in [1.54, 1.807) is 12.1 Å². The lowest BCUT2D eigenvalue weighted by Gasteiger charge is -2.36. The molecular weight excluding hydrogens is 389 g/mol. The SMILES string of the molecule is Fc1ccc2[nH]cc(CCCNCC3CN(c4ccccc4)c4ccccc4O3)c2c1. The zero-order valence-corrected chi connectivity index (χ0v) is 17.4. The highest BCUT2D eigenvalue weighted by atomic mass is 19.1. The zero-order valence-electron chi connectivity index (χ0n) is 17.4. The summed E-state index contributed by atoms with van der Waals surface area (Å²) in [5, 5.41) is 4.52. The first-order valence-electron chi connectivity index (χ1n) is 10.8. The largest absolute Gasteiger partial charge is 0.485 e. The molecule has 0 aliphatic carbocycles. The average molecular weight is 416 g/mol. The van der Waals surface area contributed by atoms with Gasteiger partial charge in [0.05, 0.1) is 12.2 Å². The third kappa shape index (κ3) is 4.28. The number of benzene rings is 3. The summed E-state index contributed by atoms with van der Waals surface area (Å²) >= 11 is 0. The molecule has 0 saturated carbocycles. The smallest absolute Gasteiger partial charge is 0.143 e. The summed E-state index contributed by atoms with van der Waals surface area (Å²) in [5.41, 5.74) is 4.43. The van der Waals surface area contributed by atoms with Crippen LogP contribution in [0.3, 0.4) is 0 Å². The second kappa shape index (κ2) is 8.82. The highest BCUT2D eigenvalue weighted by Crippen LogP contribution is 2.37. The fourth-order valence-electron chi connectivity index (χ4n) is 4.28. The molecule has 2 heterocycles. The summed E-state index contributed by atoms with van der Waals surface area (Å²) in [6.45, 7) is 2.46. The number of hydrogen-bond acceptors (Lipinski definition) is 3. The molecule has 1 aliphatic rings. The number of ether oxygens (including phenoxy) is 1. The van der Waals surface area contributed by atoms with Crippen molar-refractivity contribution in [2.45, 2.75) is 18.9 Å². The summed E-state index contributed by atoms with van der Waals surface area (Å²) in [5.74, 6) is 0.731. The predicted molar refractivity (Wildman–Crippen MR) is 124 cm³/mol. The van der Waals surface area contributed by atoms with Crippen molar-refractivity contribution in [2.75, 3.05) is 24.5 Å². The molecule has 5 heteroatoms. The maximum absolute atomic E-state index is 13.6. The second-order valence-corrected chi connectivity index (χ2v) is 7.97. The van der Waals surface area contributed by atoms with Crippen LogP contribution < -0.4 is 15.0 Å². The Hall–Kier alpha value is -3.31. The summed E-state index contributed by atoms with van der Waals surface area (Å²) < 4.78 is 19.8. The maximum Gasteiger partial charge on any atom is 0.143 e. The van der Waals surface area contributed by atoms with E-state index in [1.807, 2.05) is 30.5 Å². The normalized spacial score (nSPS) is 15.6. The van der Waals surface area contributed by atoms with Crippen LogP contribution in [0.5, 0.6) is 5.75 Å². The zero-order chi connectivity index (χ0) is 21.0. The Morgan fingerprint density at radius 1 is 1.03 bits per heavy atom. The third-order valence-corrected chi connectivity index (χ3v) is 5.80. The van der Waals surface area contributed by atoms with Gasteiger partial charge in [0, 0.05) is 29.3 Å². The van der Waals surface area contributed by atoms with E-state index in [0.717, 1.165) is 60.4 Å². The van der Waals surface area contributed by atoms with E-state index < -0.39 is 0 Å². The minimum atomic E-state index is -0.191. The van der Waals surface area contributed by atoms with E-state index in [1.165, 1.54) is 11.8 Å². The minimum absolute atomic E-state index is 0.0669. The lowest BCUT2D eigenvalue weighted by atomic mass is 10.1. The van der Waals surface area contributed by atoms with Gasteiger partial charge in [0.15, 0.2) is 0 Å². The van der Waals surface area contributed by atoms with Crippen LogP contribution in [0.1, 0.15) is 12.0 Å². The van der Waals surface area contributed by atoms with Gasteiger partial charge >= 0.3 is 0 Å². The Bertz CT molecular complexity index is 1160. The molecule has 3 aromatic carbocycles. The fraction of sp³-hybridized carbons (Fsp3) is 0.231. The highest BCUT2D eigenvalue weighted by molar-refractivity contribution is 5.83. The van der Waals surface area contributed by atoms with Crippen molar-refractivity contribution in [1.29, 1.82) is 0 Å². The molecule has 158 valence electrons. The van der Waals surface area contributed by atoms with Gasteiger partial charge in [0.25, 0.3) is 0 Å². The third-order valence-electron chi connectivity index (χ3n) is 5.80. The molecule has 0 fully saturated rings. The van der Waals surface area contributed by atoms with Crippen LogP contribution in [0.4, 0.5) is 15.8 Å². The van der Waals surface area contributed by atoms with E-state index in [4.69, 9.17) is 4.74 Å². The van der Waals surface area contributed by atoms with E-state index in [-0.39, 0.29) is 11.9 Å². The number of aryl methyl sites for hydroxylation is 1. The molecule has 1 atom stereocenters. The van der Waals surface area contributed by atoms with E-state index >= 15 is 0 Å². The number of anilines is 2. The van der Waals surface area contributed by atoms with Gasteiger partial charge in [-0.15, -0.1) is 0 Å². The quantitative estimate of drug-likeness (QED) is 0.396. The van der Waals surface area contributed by atoms with E-state index in [0.29, 0.717) is 0 Å². The Morgan fingerprint density at radius 2 is 1.87 bits per heavy atom. The van der Waals surface area contributed by atoms with Crippen molar-refractivity contribution >= 4 is 22.3 Å². The second-order valence-electron chi connectivity index (χ2n) is 7.97. The number of nitrogens with one attached hydrogen (secondary N) is 2. The first-order valence-corrected chi connectivity index (χ1v) is 10.8. The topological polar surface area (TPSA) is 40.3 Å². The van der Waals surface area contributed by atoms with Crippen LogP contribution in [-0.4, -0.2) is 30.7 Å². The molecule has 0 bridgehead atoms. The van der Waals surface area contributed by atoms with Crippen LogP contribution in [0, 0.1) is 5.82 Å². The molecule has 1 aliphatic heterocycles. The number of rotatable bonds is 7. The molecule has 1 aromatic heterocycles. The Kier molecular flexibility index (Phi) is 5.59. The minimum Gasteiger partial charge on any atom is -0.485 e. The van der Waals surface area contributed by atoms with Crippen molar-refractivity contribution in [2.24, 2.45) is 0 Å². The number of hydrogen-bond donors (Lipinski definition) is 2. The highest BCUT2D eigenvalue weighted by Gasteiger charge is 2.26. The summed E-state index contributed by atoms with van der Waals surface area (Å²) in [4.78, 5) is 5.55. The first-order chi connectivity index (χ1) is 15.3. The fourth-order valence-corrected chi connectivity index (χ4v) is 4.28. The van der Waals surface area contributed by atoms with Gasteiger partial charge in [-0.2, -0.15) is 0 Å². The number of aromatic amines is 1. The van der Waals surface area contributed by atoms with Crippen molar-refractivity contribution in [1.82, 2.24) is 10.3 Å². The van der Waals surface area contributed by atoms with Crippen molar-refractivity contribution in [3.63, 3.8) is 0 Å². The monoisotopic (exact) mass is 415 g/mol. The Balaban J connectivity index is 1.18. The van der Waals surface area contributed by atoms with Crippen LogP contribution in [0.15, 0.2) is 79.0 Å². The first kappa shape index (κ1) is 19.6. The molecule has 31 heavy (non-hydrogen) atoms. The van der Waals surface area contributed by atoms with Crippen molar-refractivity contribution in [3.05, 3.63) is 90.4 Å². The molecule has 0 spiro atoms. The van der Waals surface area contributed by atoms with Crippen LogP contribution in [0.25, 0.3) is 10.9 Å². The molecule has 0 saturated heterocycles. The molecule has 4 aromatic rings. The number of aromatic nitrogens is 1. The van der Waals surface area contributed by atoms with Crippen LogP contribution in [-0.2, 0) is 6.42 Å². The van der Waals surface area contributed by atoms with Crippen LogP contribution in [0.2, 0.25) is 0 Å². The Labute approximate surface area is 181 Å². The average Bonchev–Trinajstić information content (AvgIpc) is 3.21. The van der Waals surface area contributed by atoms with Gasteiger partial charge < -0.3 is 19.9 Å². The number of halogens is 1. The maximum atomic E-state index is 13.6. The molecule has 2 N–H and O–H groups in total. The standard InChI is InChI=1S/C26H26FN3O/c27-20-12-13-24-23(15-20)19(16-29-24)7-6-14-28-17-22-18-30(21-8-2-1-3-9-21)25-10-4-5-11-26(25)31-22/h1-5,8-13,15-16,22,28-29H,6-7,14,17-18H2.